The van der Waals surface area contributed by atoms with Crippen molar-refractivity contribution in [2.75, 3.05) is 12.2 Å². The molecule has 0 aliphatic carbocycles. The van der Waals surface area contributed by atoms with Crippen LogP contribution in [0.15, 0.2) is 29.1 Å². The topological polar surface area (TPSA) is 31.2 Å². The van der Waals surface area contributed by atoms with Gasteiger partial charge >= 0.3 is 0 Å². The van der Waals surface area contributed by atoms with Gasteiger partial charge in [0.1, 0.15) is 11.7 Å². The quantitative estimate of drug-likeness (QED) is 0.550. The number of aromatic nitrogens is 1. The van der Waals surface area contributed by atoms with E-state index < -0.39 is 0 Å². The van der Waals surface area contributed by atoms with Crippen molar-refractivity contribution in [3.05, 3.63) is 51.3 Å². The van der Waals surface area contributed by atoms with E-state index in [2.05, 4.69) is 6.07 Å². The van der Waals surface area contributed by atoms with Crippen molar-refractivity contribution in [2.45, 2.75) is 20.4 Å². The molecule has 0 N–H and O–H groups in total. The van der Waals surface area contributed by atoms with Crippen molar-refractivity contribution in [1.82, 2.24) is 4.57 Å². The van der Waals surface area contributed by atoms with E-state index >= 15 is 0 Å². The summed E-state index contributed by atoms with van der Waals surface area (Å²) in [5, 5.41) is 0.551. The Hall–Kier alpha value is -0.286. The molecule has 2 rings (SSSR count). The molecule has 1 heterocycles. The maximum Gasteiger partial charge on any atom is 0.197 e. The van der Waals surface area contributed by atoms with Gasteiger partial charge in [-0.2, -0.15) is 12.1 Å². The number of hydrogen-bond acceptors (Lipinski definition) is 3. The molecular weight excluding hydrogens is 395 g/mol. The van der Waals surface area contributed by atoms with Crippen LogP contribution in [0.25, 0.3) is 11.3 Å². The second kappa shape index (κ2) is 9.12. The van der Waals surface area contributed by atoms with Crippen LogP contribution in [0, 0.1) is 13.0 Å². The maximum absolute atomic E-state index is 12.2. The molecule has 0 saturated carbocycles. The van der Waals surface area contributed by atoms with Crippen LogP contribution in [-0.4, -0.2) is 16.8 Å². The Balaban J connectivity index is 0.00000242. The molecule has 0 atom stereocenters. The zero-order valence-corrected chi connectivity index (χ0v) is 17.3. The molecule has 0 amide bonds. The van der Waals surface area contributed by atoms with E-state index in [-0.39, 0.29) is 38.3 Å². The van der Waals surface area contributed by atoms with E-state index in [1.54, 1.807) is 35.4 Å². The first-order valence-corrected chi connectivity index (χ1v) is 8.39. The van der Waals surface area contributed by atoms with Crippen LogP contribution in [0.5, 0.6) is 5.75 Å². The van der Waals surface area contributed by atoms with Gasteiger partial charge in [0.2, 0.25) is 0 Å². The molecule has 0 fully saturated rings. The Morgan fingerprint density at radius 2 is 2.14 bits per heavy atom. The molecule has 1 aromatic carbocycles. The second-order valence-corrected chi connectivity index (χ2v) is 5.78. The van der Waals surface area contributed by atoms with Gasteiger partial charge in [-0.1, -0.05) is 35.3 Å². The minimum absolute atomic E-state index is 0. The van der Waals surface area contributed by atoms with Crippen molar-refractivity contribution >= 4 is 23.4 Å². The average Bonchev–Trinajstić information content (AvgIpc) is 2.48. The molecule has 6 heteroatoms. The molecule has 0 spiro atoms. The molecule has 22 heavy (non-hydrogen) atoms. The fraction of sp³-hybridized carbons (Fsp3) is 0.312. The van der Waals surface area contributed by atoms with Crippen LogP contribution in [0.1, 0.15) is 12.5 Å². The van der Waals surface area contributed by atoms with E-state index in [9.17, 15) is 4.79 Å². The molecule has 115 valence electrons. The van der Waals surface area contributed by atoms with E-state index in [4.69, 9.17) is 16.3 Å². The number of hydrogen-bond donors (Lipinski definition) is 0. The summed E-state index contributed by atoms with van der Waals surface area (Å²) >= 11 is 7.94. The van der Waals surface area contributed by atoms with Gasteiger partial charge in [-0.05, 0) is 30.3 Å². The Morgan fingerprint density at radius 1 is 1.41 bits per heavy atom. The zero-order valence-electron chi connectivity index (χ0n) is 12.9. The van der Waals surface area contributed by atoms with Crippen LogP contribution in [0.2, 0.25) is 5.02 Å². The number of aryl methyl sites for hydroxylation is 1. The standard InChI is InChI=1S/C16H17ClNO2S.Y/c1-4-18-15(8-5-11(2)16(18)19)13-7-6-12(9-14(13)17)20-10-21-3;/h5-7,9H,4,10H2,1-3H3;/q-1;. The Labute approximate surface area is 165 Å². The van der Waals surface area contributed by atoms with Crippen molar-refractivity contribution in [3.63, 3.8) is 0 Å². The summed E-state index contributed by atoms with van der Waals surface area (Å²) in [4.78, 5) is 12.2. The summed E-state index contributed by atoms with van der Waals surface area (Å²) in [7, 11) is 0. The van der Waals surface area contributed by atoms with Gasteiger partial charge in [-0.25, -0.2) is 0 Å². The minimum atomic E-state index is -0.00924. The van der Waals surface area contributed by atoms with Gasteiger partial charge < -0.3 is 9.30 Å². The fourth-order valence-corrected chi connectivity index (χ4v) is 2.57. The molecular formula is C16H17ClNO2SY-. The number of halogens is 1. The van der Waals surface area contributed by atoms with Crippen LogP contribution in [0.4, 0.5) is 0 Å². The number of pyridine rings is 1. The smallest absolute Gasteiger partial charge is 0.197 e. The summed E-state index contributed by atoms with van der Waals surface area (Å²) in [6.45, 7) is 4.30. The van der Waals surface area contributed by atoms with E-state index in [0.717, 1.165) is 11.3 Å². The largest absolute Gasteiger partial charge is 0.483 e. The van der Waals surface area contributed by atoms with Crippen LogP contribution >= 0.6 is 23.4 Å². The first-order valence-electron chi connectivity index (χ1n) is 6.62. The molecule has 3 nitrogen and oxygen atoms in total. The van der Waals surface area contributed by atoms with Crippen LogP contribution in [0.3, 0.4) is 0 Å². The normalized spacial score (nSPS) is 10.2. The number of thioether (sulfide) groups is 1. The monoisotopic (exact) mass is 411 g/mol. The zero-order chi connectivity index (χ0) is 15.4. The molecule has 1 radical (unpaired) electrons. The SMILES string of the molecule is CCn1c(-c2ccc(OCSC)cc2Cl)[c-]cc(C)c1=O.[Y]. The maximum atomic E-state index is 12.2. The number of ether oxygens (including phenoxy) is 1. The predicted octanol–water partition coefficient (Wildman–Crippen LogP) is 3.99. The van der Waals surface area contributed by atoms with Gasteiger partial charge in [0, 0.05) is 39.3 Å². The van der Waals surface area contributed by atoms with Gasteiger partial charge in [-0.3, -0.25) is 4.79 Å². The summed E-state index contributed by atoms with van der Waals surface area (Å²) in [5.74, 6) is 1.29. The summed E-state index contributed by atoms with van der Waals surface area (Å²) in [6.07, 6.45) is 1.97. The summed E-state index contributed by atoms with van der Waals surface area (Å²) < 4.78 is 7.21. The molecule has 2 aromatic rings. The van der Waals surface area contributed by atoms with Gasteiger partial charge in [0.25, 0.3) is 0 Å². The van der Waals surface area contributed by atoms with Crippen molar-refractivity contribution in [2.24, 2.45) is 0 Å². The second-order valence-electron chi connectivity index (χ2n) is 4.56. The Morgan fingerprint density at radius 3 is 2.73 bits per heavy atom. The van der Waals surface area contributed by atoms with Crippen LogP contribution < -0.4 is 10.3 Å². The molecule has 0 bridgehead atoms. The number of benzene rings is 1. The van der Waals surface area contributed by atoms with Crippen molar-refractivity contribution in [3.8, 4) is 17.0 Å². The van der Waals surface area contributed by atoms with Crippen molar-refractivity contribution in [1.29, 1.82) is 0 Å². The third kappa shape index (κ3) is 4.38. The Kier molecular flexibility index (Phi) is 8.19. The predicted molar refractivity (Wildman–Crippen MR) is 89.4 cm³/mol. The first kappa shape index (κ1) is 19.8. The average molecular weight is 412 g/mol. The third-order valence-electron chi connectivity index (χ3n) is 3.13. The minimum Gasteiger partial charge on any atom is -0.483 e. The van der Waals surface area contributed by atoms with E-state index in [1.807, 2.05) is 25.3 Å². The van der Waals surface area contributed by atoms with E-state index in [1.165, 1.54) is 0 Å². The van der Waals surface area contributed by atoms with Gasteiger partial charge in [0.05, 0.1) is 0 Å². The molecule has 0 saturated heterocycles. The molecule has 0 aliphatic rings. The van der Waals surface area contributed by atoms with E-state index in [0.29, 0.717) is 28.8 Å². The summed E-state index contributed by atoms with van der Waals surface area (Å²) in [6, 6.07) is 10.3. The molecule has 0 unspecified atom stereocenters. The Bertz CT molecular complexity index is 703. The van der Waals surface area contributed by atoms with Crippen LogP contribution in [-0.2, 0) is 39.3 Å². The molecule has 0 aliphatic heterocycles. The fourth-order valence-electron chi connectivity index (χ4n) is 2.06. The summed E-state index contributed by atoms with van der Waals surface area (Å²) in [5.41, 5.74) is 2.16. The first-order chi connectivity index (χ1) is 10.1. The molecule has 1 aromatic heterocycles. The van der Waals surface area contributed by atoms with Gasteiger partial charge in [-0.15, -0.1) is 17.8 Å². The number of nitrogens with zero attached hydrogens (tertiary/aromatic N) is 1. The van der Waals surface area contributed by atoms with Crippen molar-refractivity contribution < 1.29 is 37.4 Å². The number of rotatable bonds is 5. The van der Waals surface area contributed by atoms with Gasteiger partial charge in [0.15, 0.2) is 5.56 Å². The third-order valence-corrected chi connectivity index (χ3v) is 3.80.